The van der Waals surface area contributed by atoms with Crippen LogP contribution < -0.4 is 9.46 Å². The number of amides is 1. The largest absolute Gasteiger partial charge is 0.484 e. The van der Waals surface area contributed by atoms with Gasteiger partial charge in [0.1, 0.15) is 5.75 Å². The fraction of sp³-hybridized carbons (Fsp3) is 0.133. The molecule has 0 fully saturated rings. The van der Waals surface area contributed by atoms with Crippen molar-refractivity contribution in [2.24, 2.45) is 0 Å². The van der Waals surface area contributed by atoms with Gasteiger partial charge in [-0.2, -0.15) is 0 Å². The Balaban J connectivity index is 1.87. The van der Waals surface area contributed by atoms with Crippen LogP contribution in [0.1, 0.15) is 5.56 Å². The van der Waals surface area contributed by atoms with Crippen LogP contribution in [0.4, 0.5) is 0 Å². The van der Waals surface area contributed by atoms with E-state index >= 15 is 0 Å². The molecule has 0 aliphatic heterocycles. The normalized spacial score (nSPS) is 10.9. The Hall–Kier alpha value is -2.34. The van der Waals surface area contributed by atoms with Crippen LogP contribution in [0.2, 0.25) is 0 Å². The molecular formula is C15H15NO4S. The molecule has 6 heteroatoms. The molecule has 0 bridgehead atoms. The van der Waals surface area contributed by atoms with E-state index in [0.29, 0.717) is 11.3 Å². The van der Waals surface area contributed by atoms with Gasteiger partial charge < -0.3 is 4.74 Å². The molecule has 2 rings (SSSR count). The van der Waals surface area contributed by atoms with Crippen molar-refractivity contribution in [1.29, 1.82) is 0 Å². The Morgan fingerprint density at radius 2 is 1.52 bits per heavy atom. The van der Waals surface area contributed by atoms with E-state index in [0.717, 1.165) is 0 Å². The predicted molar refractivity (Wildman–Crippen MR) is 79.1 cm³/mol. The fourth-order valence-electron chi connectivity index (χ4n) is 1.70. The number of rotatable bonds is 6. The van der Waals surface area contributed by atoms with Crippen molar-refractivity contribution in [3.05, 3.63) is 66.2 Å². The molecule has 0 radical (unpaired) electrons. The predicted octanol–water partition coefficient (Wildman–Crippen LogP) is 1.71. The lowest BCUT2D eigenvalue weighted by molar-refractivity contribution is -0.121. The number of hydrogen-bond acceptors (Lipinski definition) is 4. The Morgan fingerprint density at radius 3 is 2.14 bits per heavy atom. The van der Waals surface area contributed by atoms with Crippen LogP contribution in [0.25, 0.3) is 0 Å². The zero-order chi connectivity index (χ0) is 15.1. The maximum Gasteiger partial charge on any atom is 0.271 e. The lowest BCUT2D eigenvalue weighted by atomic mass is 10.2. The summed E-state index contributed by atoms with van der Waals surface area (Å²) in [5.74, 6) is -0.437. The first-order chi connectivity index (χ1) is 10.1. The van der Waals surface area contributed by atoms with Crippen molar-refractivity contribution < 1.29 is 17.9 Å². The number of sulfonamides is 1. The number of para-hydroxylation sites is 1. The molecule has 2 aromatic rings. The Kier molecular flexibility index (Phi) is 4.94. The zero-order valence-electron chi connectivity index (χ0n) is 11.2. The lowest BCUT2D eigenvalue weighted by Gasteiger charge is -2.08. The summed E-state index contributed by atoms with van der Waals surface area (Å²) in [4.78, 5) is 11.6. The maximum absolute atomic E-state index is 11.8. The lowest BCUT2D eigenvalue weighted by Crippen LogP contribution is -2.35. The third-order valence-corrected chi connectivity index (χ3v) is 3.83. The van der Waals surface area contributed by atoms with Crippen LogP contribution in [0.3, 0.4) is 0 Å². The standard InChI is InChI=1S/C15H15NO4S/c17-15(11-20-14-9-5-2-6-10-14)16-21(18,19)12-13-7-3-1-4-8-13/h1-10H,11-12H2,(H,16,17). The summed E-state index contributed by atoms with van der Waals surface area (Å²) in [5, 5.41) is 0. The molecule has 0 heterocycles. The summed E-state index contributed by atoms with van der Waals surface area (Å²) in [7, 11) is -3.72. The monoisotopic (exact) mass is 305 g/mol. The second-order valence-electron chi connectivity index (χ2n) is 4.37. The molecule has 0 aliphatic rings. The second-order valence-corrected chi connectivity index (χ2v) is 6.09. The quantitative estimate of drug-likeness (QED) is 0.882. The molecule has 1 N–H and O–H groups in total. The van der Waals surface area contributed by atoms with Gasteiger partial charge >= 0.3 is 0 Å². The SMILES string of the molecule is O=C(COc1ccccc1)NS(=O)(=O)Cc1ccccc1. The van der Waals surface area contributed by atoms with Crippen molar-refractivity contribution in [1.82, 2.24) is 4.72 Å². The molecular weight excluding hydrogens is 290 g/mol. The Bertz CT molecular complexity index is 684. The molecule has 0 unspecified atom stereocenters. The van der Waals surface area contributed by atoms with Crippen molar-refractivity contribution >= 4 is 15.9 Å². The van der Waals surface area contributed by atoms with E-state index in [1.54, 1.807) is 54.6 Å². The second kappa shape index (κ2) is 6.90. The highest BCUT2D eigenvalue weighted by atomic mass is 32.2. The molecule has 0 saturated heterocycles. The van der Waals surface area contributed by atoms with Gasteiger partial charge in [-0.15, -0.1) is 0 Å². The number of carbonyl (C=O) groups is 1. The van der Waals surface area contributed by atoms with Crippen LogP contribution in [0.15, 0.2) is 60.7 Å². The third kappa shape index (κ3) is 5.27. The van der Waals surface area contributed by atoms with Gasteiger partial charge in [-0.05, 0) is 17.7 Å². The molecule has 0 spiro atoms. The first-order valence-corrected chi connectivity index (χ1v) is 7.95. The average molecular weight is 305 g/mol. The fourth-order valence-corrected chi connectivity index (χ4v) is 2.81. The van der Waals surface area contributed by atoms with E-state index in [1.807, 2.05) is 10.8 Å². The van der Waals surface area contributed by atoms with Gasteiger partial charge in [0.2, 0.25) is 10.0 Å². The molecule has 1 amide bonds. The van der Waals surface area contributed by atoms with E-state index in [1.165, 1.54) is 0 Å². The number of hydrogen-bond donors (Lipinski definition) is 1. The summed E-state index contributed by atoms with van der Waals surface area (Å²) in [5.41, 5.74) is 0.613. The van der Waals surface area contributed by atoms with Gasteiger partial charge in [0.25, 0.3) is 5.91 Å². The summed E-state index contributed by atoms with van der Waals surface area (Å²) in [6.45, 7) is -0.349. The summed E-state index contributed by atoms with van der Waals surface area (Å²) >= 11 is 0. The Labute approximate surface area is 123 Å². The molecule has 0 aliphatic carbocycles. The van der Waals surface area contributed by atoms with E-state index in [-0.39, 0.29) is 12.4 Å². The van der Waals surface area contributed by atoms with Crippen molar-refractivity contribution in [2.75, 3.05) is 6.61 Å². The first-order valence-electron chi connectivity index (χ1n) is 6.30. The van der Waals surface area contributed by atoms with Crippen LogP contribution >= 0.6 is 0 Å². The highest BCUT2D eigenvalue weighted by molar-refractivity contribution is 7.89. The first kappa shape index (κ1) is 15.1. The van der Waals surface area contributed by atoms with Crippen molar-refractivity contribution in [2.45, 2.75) is 5.75 Å². The van der Waals surface area contributed by atoms with Crippen molar-refractivity contribution in [3.8, 4) is 5.75 Å². The molecule has 0 atom stereocenters. The van der Waals surface area contributed by atoms with Gasteiger partial charge in [0, 0.05) is 0 Å². The topological polar surface area (TPSA) is 72.5 Å². The highest BCUT2D eigenvalue weighted by Crippen LogP contribution is 2.08. The third-order valence-electron chi connectivity index (χ3n) is 2.58. The van der Waals surface area contributed by atoms with Crippen LogP contribution in [0, 0.1) is 0 Å². The molecule has 0 saturated carbocycles. The van der Waals surface area contributed by atoms with Gasteiger partial charge in [-0.25, -0.2) is 13.1 Å². The Morgan fingerprint density at radius 1 is 0.952 bits per heavy atom. The van der Waals surface area contributed by atoms with E-state index in [2.05, 4.69) is 0 Å². The van der Waals surface area contributed by atoms with Crippen molar-refractivity contribution in [3.63, 3.8) is 0 Å². The van der Waals surface area contributed by atoms with Gasteiger partial charge in [-0.3, -0.25) is 4.79 Å². The maximum atomic E-state index is 11.8. The minimum atomic E-state index is -3.72. The molecule has 5 nitrogen and oxygen atoms in total. The van der Waals surface area contributed by atoms with Gasteiger partial charge in [-0.1, -0.05) is 48.5 Å². The van der Waals surface area contributed by atoms with Gasteiger partial charge in [0.05, 0.1) is 5.75 Å². The van der Waals surface area contributed by atoms with E-state index < -0.39 is 15.9 Å². The number of benzene rings is 2. The van der Waals surface area contributed by atoms with E-state index in [9.17, 15) is 13.2 Å². The zero-order valence-corrected chi connectivity index (χ0v) is 12.0. The molecule has 21 heavy (non-hydrogen) atoms. The number of nitrogens with one attached hydrogen (secondary N) is 1. The summed E-state index contributed by atoms with van der Waals surface area (Å²) in [6, 6.07) is 17.4. The molecule has 2 aromatic carbocycles. The summed E-state index contributed by atoms with van der Waals surface area (Å²) < 4.78 is 30.8. The number of carbonyl (C=O) groups excluding carboxylic acids is 1. The van der Waals surface area contributed by atoms with Crippen LogP contribution in [0.5, 0.6) is 5.75 Å². The minimum Gasteiger partial charge on any atom is -0.484 e. The van der Waals surface area contributed by atoms with Gasteiger partial charge in [0.15, 0.2) is 6.61 Å². The van der Waals surface area contributed by atoms with E-state index in [4.69, 9.17) is 4.74 Å². The molecule has 0 aromatic heterocycles. The molecule has 110 valence electrons. The highest BCUT2D eigenvalue weighted by Gasteiger charge is 2.15. The van der Waals surface area contributed by atoms with Crippen LogP contribution in [-0.2, 0) is 20.6 Å². The minimum absolute atomic E-state index is 0.245. The summed E-state index contributed by atoms with van der Waals surface area (Å²) in [6.07, 6.45) is 0. The smallest absolute Gasteiger partial charge is 0.271 e. The average Bonchev–Trinajstić information content (AvgIpc) is 2.46. The van der Waals surface area contributed by atoms with Crippen LogP contribution in [-0.4, -0.2) is 20.9 Å². The number of ether oxygens (including phenoxy) is 1.